The summed E-state index contributed by atoms with van der Waals surface area (Å²) in [4.78, 5) is 12.0. The molecule has 0 saturated heterocycles. The summed E-state index contributed by atoms with van der Waals surface area (Å²) in [5, 5.41) is 1.80. The first-order chi connectivity index (χ1) is 7.11. The van der Waals surface area contributed by atoms with Crippen LogP contribution in [-0.2, 0) is 0 Å². The fourth-order valence-electron chi connectivity index (χ4n) is 1.59. The molecule has 0 radical (unpaired) electrons. The minimum absolute atomic E-state index is 0.0527. The highest BCUT2D eigenvalue weighted by molar-refractivity contribution is 7.03. The molecular formula is C11H11NO2S. The normalized spacial score (nSPS) is 10.6. The molecule has 15 heavy (non-hydrogen) atoms. The van der Waals surface area contributed by atoms with E-state index in [1.165, 1.54) is 11.5 Å². The van der Waals surface area contributed by atoms with Gasteiger partial charge in [-0.25, -0.2) is 0 Å². The molecule has 0 atom stereocenters. The Bertz CT molecular complexity index is 497. The lowest BCUT2D eigenvalue weighted by Crippen LogP contribution is -2.03. The Hall–Kier alpha value is -1.42. The predicted molar refractivity (Wildman–Crippen MR) is 58.5 cm³/mol. The van der Waals surface area contributed by atoms with E-state index in [4.69, 9.17) is 4.42 Å². The van der Waals surface area contributed by atoms with Crippen LogP contribution in [0.5, 0.6) is 0 Å². The molecule has 0 bridgehead atoms. The summed E-state index contributed by atoms with van der Waals surface area (Å²) in [5.41, 5.74) is 2.05. The quantitative estimate of drug-likeness (QED) is 0.732. The number of hydrogen-bond acceptors (Lipinski definition) is 4. The number of carbonyl (C=O) groups excluding carboxylic acids is 1. The van der Waals surface area contributed by atoms with Crippen molar-refractivity contribution in [2.45, 2.75) is 20.8 Å². The van der Waals surface area contributed by atoms with E-state index in [9.17, 15) is 4.79 Å². The summed E-state index contributed by atoms with van der Waals surface area (Å²) in [6.07, 6.45) is 0. The molecule has 0 N–H and O–H groups in total. The molecule has 0 aliphatic rings. The molecule has 2 heterocycles. The Morgan fingerprint density at radius 3 is 2.53 bits per heavy atom. The Morgan fingerprint density at radius 1 is 1.33 bits per heavy atom. The Labute approximate surface area is 91.9 Å². The molecule has 0 aliphatic carbocycles. The van der Waals surface area contributed by atoms with Crippen LogP contribution in [0.2, 0.25) is 0 Å². The van der Waals surface area contributed by atoms with Gasteiger partial charge in [0.1, 0.15) is 17.2 Å². The van der Waals surface area contributed by atoms with E-state index < -0.39 is 0 Å². The van der Waals surface area contributed by atoms with Gasteiger partial charge in [-0.2, -0.15) is 4.37 Å². The van der Waals surface area contributed by atoms with Crippen LogP contribution in [0.3, 0.4) is 0 Å². The number of aryl methyl sites for hydroxylation is 2. The van der Waals surface area contributed by atoms with Crippen LogP contribution in [0.4, 0.5) is 0 Å². The first kappa shape index (κ1) is 10.1. The summed E-state index contributed by atoms with van der Waals surface area (Å²) >= 11 is 1.28. The zero-order valence-electron chi connectivity index (χ0n) is 8.83. The van der Waals surface area contributed by atoms with Crippen LogP contribution >= 0.6 is 11.5 Å². The molecule has 2 rings (SSSR count). The first-order valence-corrected chi connectivity index (χ1v) is 5.46. The number of hydrogen-bond donors (Lipinski definition) is 0. The van der Waals surface area contributed by atoms with E-state index in [1.807, 2.05) is 13.8 Å². The van der Waals surface area contributed by atoms with Crippen LogP contribution in [0.25, 0.3) is 0 Å². The molecule has 0 fully saturated rings. The zero-order valence-corrected chi connectivity index (χ0v) is 9.64. The third kappa shape index (κ3) is 1.61. The average molecular weight is 221 g/mol. The second-order valence-electron chi connectivity index (χ2n) is 3.43. The molecule has 0 amide bonds. The van der Waals surface area contributed by atoms with Crippen molar-refractivity contribution in [1.82, 2.24) is 4.37 Å². The van der Waals surface area contributed by atoms with Gasteiger partial charge in [-0.15, -0.1) is 0 Å². The van der Waals surface area contributed by atoms with E-state index in [1.54, 1.807) is 18.4 Å². The molecule has 4 heteroatoms. The number of carbonyl (C=O) groups is 1. The molecular weight excluding hydrogens is 210 g/mol. The van der Waals surface area contributed by atoms with E-state index in [0.717, 1.165) is 11.3 Å². The fraction of sp³-hybridized carbons (Fsp3) is 0.273. The zero-order chi connectivity index (χ0) is 11.0. The first-order valence-electron chi connectivity index (χ1n) is 4.63. The molecule has 2 aromatic heterocycles. The third-order valence-electron chi connectivity index (χ3n) is 2.46. The largest absolute Gasteiger partial charge is 0.466 e. The van der Waals surface area contributed by atoms with Crippen molar-refractivity contribution < 1.29 is 9.21 Å². The van der Waals surface area contributed by atoms with Crippen molar-refractivity contribution in [3.8, 4) is 0 Å². The Balaban J connectivity index is 2.51. The summed E-state index contributed by atoms with van der Waals surface area (Å²) in [5.74, 6) is 1.41. The summed E-state index contributed by atoms with van der Waals surface area (Å²) in [7, 11) is 0. The van der Waals surface area contributed by atoms with Crippen molar-refractivity contribution in [3.63, 3.8) is 0 Å². The van der Waals surface area contributed by atoms with Crippen molar-refractivity contribution in [3.05, 3.63) is 39.8 Å². The topological polar surface area (TPSA) is 43.1 Å². The lowest BCUT2D eigenvalue weighted by molar-refractivity contribution is 0.103. The van der Waals surface area contributed by atoms with Crippen molar-refractivity contribution in [1.29, 1.82) is 0 Å². The van der Waals surface area contributed by atoms with Gasteiger partial charge in [-0.3, -0.25) is 4.79 Å². The second kappa shape index (κ2) is 3.62. The second-order valence-corrected chi connectivity index (χ2v) is 4.09. The van der Waals surface area contributed by atoms with Gasteiger partial charge >= 0.3 is 0 Å². The van der Waals surface area contributed by atoms with Gasteiger partial charge in [-0.1, -0.05) is 0 Å². The summed E-state index contributed by atoms with van der Waals surface area (Å²) in [6, 6.07) is 1.73. The summed E-state index contributed by atoms with van der Waals surface area (Å²) in [6.45, 7) is 5.56. The Morgan fingerprint density at radius 2 is 2.07 bits per heavy atom. The van der Waals surface area contributed by atoms with Gasteiger partial charge in [0.25, 0.3) is 0 Å². The average Bonchev–Trinajstić information content (AvgIpc) is 2.76. The van der Waals surface area contributed by atoms with Crippen molar-refractivity contribution in [2.24, 2.45) is 0 Å². The van der Waals surface area contributed by atoms with E-state index in [0.29, 0.717) is 17.0 Å². The maximum Gasteiger partial charge on any atom is 0.216 e. The van der Waals surface area contributed by atoms with Crippen molar-refractivity contribution >= 4 is 17.3 Å². The molecule has 2 aromatic rings. The van der Waals surface area contributed by atoms with E-state index in [-0.39, 0.29) is 5.78 Å². The number of nitrogens with zero attached hydrogens (tertiary/aromatic N) is 1. The van der Waals surface area contributed by atoms with Crippen LogP contribution in [-0.4, -0.2) is 10.2 Å². The van der Waals surface area contributed by atoms with Gasteiger partial charge < -0.3 is 4.42 Å². The van der Waals surface area contributed by atoms with Gasteiger partial charge in [0.2, 0.25) is 5.78 Å². The standard InChI is InChI=1S/C11H11NO2S/c1-6-7(2)14-8(3)10(6)11(13)9-4-5-15-12-9/h4-5H,1-3H3. The molecule has 0 spiro atoms. The summed E-state index contributed by atoms with van der Waals surface area (Å²) < 4.78 is 9.45. The maximum atomic E-state index is 12.0. The highest BCUT2D eigenvalue weighted by Crippen LogP contribution is 2.23. The highest BCUT2D eigenvalue weighted by Gasteiger charge is 2.20. The molecule has 0 saturated carbocycles. The van der Waals surface area contributed by atoms with Gasteiger partial charge in [0.15, 0.2) is 0 Å². The number of furan rings is 1. The van der Waals surface area contributed by atoms with Gasteiger partial charge in [0, 0.05) is 10.9 Å². The minimum Gasteiger partial charge on any atom is -0.466 e. The Kier molecular flexibility index (Phi) is 2.44. The predicted octanol–water partition coefficient (Wildman–Crippen LogP) is 2.89. The van der Waals surface area contributed by atoms with Gasteiger partial charge in [0.05, 0.1) is 5.56 Å². The van der Waals surface area contributed by atoms with Crippen LogP contribution < -0.4 is 0 Å². The lowest BCUT2D eigenvalue weighted by atomic mass is 10.0. The van der Waals surface area contributed by atoms with Gasteiger partial charge in [-0.05, 0) is 38.4 Å². The smallest absolute Gasteiger partial charge is 0.216 e. The number of aromatic nitrogens is 1. The fourth-order valence-corrected chi connectivity index (χ4v) is 2.09. The molecule has 0 aromatic carbocycles. The maximum absolute atomic E-state index is 12.0. The molecule has 78 valence electrons. The SMILES string of the molecule is Cc1oc(C)c(C(=O)c2ccsn2)c1C. The monoisotopic (exact) mass is 221 g/mol. The van der Waals surface area contributed by atoms with Crippen molar-refractivity contribution in [2.75, 3.05) is 0 Å². The molecule has 3 nitrogen and oxygen atoms in total. The van der Waals surface area contributed by atoms with E-state index in [2.05, 4.69) is 4.37 Å². The number of ketones is 1. The molecule has 0 unspecified atom stereocenters. The molecule has 0 aliphatic heterocycles. The minimum atomic E-state index is -0.0527. The highest BCUT2D eigenvalue weighted by atomic mass is 32.1. The lowest BCUT2D eigenvalue weighted by Gasteiger charge is -1.96. The van der Waals surface area contributed by atoms with Crippen LogP contribution in [0.15, 0.2) is 15.9 Å². The number of rotatable bonds is 2. The van der Waals surface area contributed by atoms with E-state index >= 15 is 0 Å². The van der Waals surface area contributed by atoms with Crippen LogP contribution in [0.1, 0.15) is 33.1 Å². The third-order valence-corrected chi connectivity index (χ3v) is 3.02. The van der Waals surface area contributed by atoms with Crippen LogP contribution in [0, 0.1) is 20.8 Å².